The second-order valence-electron chi connectivity index (χ2n) is 6.50. The first-order valence-electron chi connectivity index (χ1n) is 6.89. The van der Waals surface area contributed by atoms with E-state index in [9.17, 15) is 9.59 Å². The van der Waals surface area contributed by atoms with Gasteiger partial charge in [0.25, 0.3) is 0 Å². The Morgan fingerprint density at radius 1 is 1.21 bits per heavy atom. The van der Waals surface area contributed by atoms with Crippen LogP contribution >= 0.6 is 0 Å². The summed E-state index contributed by atoms with van der Waals surface area (Å²) in [4.78, 5) is 22.7. The highest BCUT2D eigenvalue weighted by molar-refractivity contribution is 5.85. The van der Waals surface area contributed by atoms with Gasteiger partial charge in [-0.3, -0.25) is 4.79 Å². The fourth-order valence-electron chi connectivity index (χ4n) is 2.70. The maximum atomic E-state index is 11.9. The number of rotatable bonds is 4. The third-order valence-electron chi connectivity index (χ3n) is 4.12. The summed E-state index contributed by atoms with van der Waals surface area (Å²) >= 11 is 0. The maximum absolute atomic E-state index is 11.9. The molecule has 1 saturated carbocycles. The highest BCUT2D eigenvalue weighted by Gasteiger charge is 2.33. The maximum Gasteiger partial charge on any atom is 0.328 e. The van der Waals surface area contributed by atoms with Crippen LogP contribution in [-0.4, -0.2) is 34.7 Å². The number of carboxylic acid groups (broad SMARTS) is 1. The summed E-state index contributed by atoms with van der Waals surface area (Å²) in [7, 11) is 0. The molecular weight excluding hydrogens is 246 g/mol. The molecule has 1 aliphatic carbocycles. The van der Waals surface area contributed by atoms with E-state index in [0.29, 0.717) is 5.92 Å². The molecule has 0 aromatic rings. The number of carbonyl (C=O) groups is 2. The van der Waals surface area contributed by atoms with Crippen molar-refractivity contribution in [2.75, 3.05) is 6.61 Å². The Morgan fingerprint density at radius 2 is 1.74 bits per heavy atom. The summed E-state index contributed by atoms with van der Waals surface area (Å²) in [5.41, 5.74) is 0.260. The Morgan fingerprint density at radius 3 is 2.11 bits per heavy atom. The highest BCUT2D eigenvalue weighted by Crippen LogP contribution is 2.39. The van der Waals surface area contributed by atoms with Crippen LogP contribution in [0.2, 0.25) is 0 Å². The lowest BCUT2D eigenvalue weighted by Crippen LogP contribution is -2.46. The fourth-order valence-corrected chi connectivity index (χ4v) is 2.70. The number of carboxylic acids is 1. The van der Waals surface area contributed by atoms with Crippen molar-refractivity contribution in [1.82, 2.24) is 5.32 Å². The van der Waals surface area contributed by atoms with E-state index in [0.717, 1.165) is 25.7 Å². The van der Waals surface area contributed by atoms with Crippen molar-refractivity contribution < 1.29 is 19.8 Å². The van der Waals surface area contributed by atoms with Crippen LogP contribution in [0.25, 0.3) is 0 Å². The summed E-state index contributed by atoms with van der Waals surface area (Å²) in [5.74, 6) is -0.940. The molecule has 1 fully saturated rings. The van der Waals surface area contributed by atoms with E-state index in [4.69, 9.17) is 10.2 Å². The topological polar surface area (TPSA) is 86.6 Å². The van der Waals surface area contributed by atoms with Crippen molar-refractivity contribution in [2.24, 2.45) is 17.3 Å². The number of hydrogen-bond acceptors (Lipinski definition) is 3. The largest absolute Gasteiger partial charge is 0.480 e. The minimum absolute atomic E-state index is 0.119. The molecule has 19 heavy (non-hydrogen) atoms. The lowest BCUT2D eigenvalue weighted by molar-refractivity contribution is -0.143. The minimum Gasteiger partial charge on any atom is -0.480 e. The Kier molecular flexibility index (Phi) is 5.35. The molecule has 1 atom stereocenters. The molecule has 5 nitrogen and oxygen atoms in total. The first-order valence-corrected chi connectivity index (χ1v) is 6.89. The second-order valence-corrected chi connectivity index (χ2v) is 6.50. The van der Waals surface area contributed by atoms with Crippen LogP contribution in [0, 0.1) is 17.3 Å². The predicted molar refractivity (Wildman–Crippen MR) is 71.6 cm³/mol. The SMILES string of the molecule is CC(C)(C)C1CCC(C(=O)N[C@@H](CO)C(=O)O)CC1. The van der Waals surface area contributed by atoms with Crippen molar-refractivity contribution >= 4 is 11.9 Å². The zero-order valence-electron chi connectivity index (χ0n) is 12.0. The van der Waals surface area contributed by atoms with Crippen LogP contribution in [0.5, 0.6) is 0 Å². The van der Waals surface area contributed by atoms with Crippen molar-refractivity contribution in [3.63, 3.8) is 0 Å². The molecule has 1 amide bonds. The third kappa shape index (κ3) is 4.49. The first-order chi connectivity index (χ1) is 8.75. The Bertz CT molecular complexity index is 327. The molecule has 0 heterocycles. The zero-order valence-corrected chi connectivity index (χ0v) is 12.0. The first kappa shape index (κ1) is 16.0. The van der Waals surface area contributed by atoms with E-state index in [1.54, 1.807) is 0 Å². The second kappa shape index (κ2) is 6.37. The molecule has 0 saturated heterocycles. The van der Waals surface area contributed by atoms with Crippen LogP contribution in [0.4, 0.5) is 0 Å². The van der Waals surface area contributed by atoms with E-state index in [-0.39, 0.29) is 17.2 Å². The lowest BCUT2D eigenvalue weighted by atomic mass is 9.69. The fraction of sp³-hybridized carbons (Fsp3) is 0.857. The average molecular weight is 271 g/mol. The predicted octanol–water partition coefficient (Wildman–Crippen LogP) is 1.40. The van der Waals surface area contributed by atoms with E-state index in [2.05, 4.69) is 26.1 Å². The van der Waals surface area contributed by atoms with Gasteiger partial charge >= 0.3 is 5.97 Å². The van der Waals surface area contributed by atoms with Gasteiger partial charge in [0.2, 0.25) is 5.91 Å². The lowest BCUT2D eigenvalue weighted by Gasteiger charge is -2.36. The molecule has 0 aromatic heterocycles. The van der Waals surface area contributed by atoms with Crippen molar-refractivity contribution in [2.45, 2.75) is 52.5 Å². The monoisotopic (exact) mass is 271 g/mol. The van der Waals surface area contributed by atoms with Crippen molar-refractivity contribution in [3.05, 3.63) is 0 Å². The van der Waals surface area contributed by atoms with E-state index in [1.165, 1.54) is 0 Å². The molecular formula is C14H25NO4. The number of aliphatic hydroxyl groups excluding tert-OH is 1. The standard InChI is InChI=1S/C14H25NO4/c1-14(2,3)10-6-4-9(5-7-10)12(17)15-11(8-16)13(18)19/h9-11,16H,4-8H2,1-3H3,(H,15,17)(H,18,19)/t9?,10?,11-/m0/s1. The molecule has 1 aliphatic rings. The molecule has 1 rings (SSSR count). The highest BCUT2D eigenvalue weighted by atomic mass is 16.4. The summed E-state index contributed by atoms with van der Waals surface area (Å²) < 4.78 is 0. The quantitative estimate of drug-likeness (QED) is 0.721. The Hall–Kier alpha value is -1.10. The van der Waals surface area contributed by atoms with Crippen LogP contribution in [0.15, 0.2) is 0 Å². The van der Waals surface area contributed by atoms with Crippen molar-refractivity contribution in [3.8, 4) is 0 Å². The van der Waals surface area contributed by atoms with Gasteiger partial charge in [-0.1, -0.05) is 20.8 Å². The van der Waals surface area contributed by atoms with Gasteiger partial charge in [0.15, 0.2) is 0 Å². The number of carbonyl (C=O) groups excluding carboxylic acids is 1. The van der Waals surface area contributed by atoms with E-state index < -0.39 is 18.6 Å². The van der Waals surface area contributed by atoms with Crippen LogP contribution < -0.4 is 5.32 Å². The minimum atomic E-state index is -1.20. The van der Waals surface area contributed by atoms with E-state index in [1.807, 2.05) is 0 Å². The normalized spacial score (nSPS) is 25.7. The van der Waals surface area contributed by atoms with E-state index >= 15 is 0 Å². The molecule has 0 bridgehead atoms. The zero-order chi connectivity index (χ0) is 14.6. The summed E-state index contributed by atoms with van der Waals surface area (Å²) in [5, 5.41) is 20.1. The number of aliphatic carboxylic acids is 1. The van der Waals surface area contributed by atoms with Gasteiger partial charge in [-0.05, 0) is 37.0 Å². The smallest absolute Gasteiger partial charge is 0.328 e. The summed E-state index contributed by atoms with van der Waals surface area (Å²) in [6.45, 7) is 6.07. The number of hydrogen-bond donors (Lipinski definition) is 3. The van der Waals surface area contributed by atoms with Gasteiger partial charge in [0, 0.05) is 5.92 Å². The molecule has 0 radical (unpaired) electrons. The summed E-state index contributed by atoms with van der Waals surface area (Å²) in [6.07, 6.45) is 3.59. The molecule has 0 spiro atoms. The van der Waals surface area contributed by atoms with Gasteiger partial charge in [-0.2, -0.15) is 0 Å². The average Bonchev–Trinajstić information content (AvgIpc) is 2.34. The molecule has 0 aliphatic heterocycles. The van der Waals surface area contributed by atoms with Crippen LogP contribution in [0.3, 0.4) is 0 Å². The van der Waals surface area contributed by atoms with Gasteiger partial charge in [0.05, 0.1) is 6.61 Å². The molecule has 110 valence electrons. The van der Waals surface area contributed by atoms with Crippen LogP contribution in [-0.2, 0) is 9.59 Å². The Labute approximate surface area is 114 Å². The number of aliphatic hydroxyl groups is 1. The molecule has 0 unspecified atom stereocenters. The molecule has 5 heteroatoms. The van der Waals surface area contributed by atoms with Crippen molar-refractivity contribution in [1.29, 1.82) is 0 Å². The van der Waals surface area contributed by atoms with Gasteiger partial charge in [0.1, 0.15) is 6.04 Å². The molecule has 0 aromatic carbocycles. The third-order valence-corrected chi connectivity index (χ3v) is 4.12. The van der Waals surface area contributed by atoms with Gasteiger partial charge in [-0.25, -0.2) is 4.79 Å². The number of amides is 1. The summed E-state index contributed by atoms with van der Waals surface area (Å²) in [6, 6.07) is -1.19. The Balaban J connectivity index is 2.47. The number of nitrogens with one attached hydrogen (secondary N) is 1. The molecule has 3 N–H and O–H groups in total. The van der Waals surface area contributed by atoms with Gasteiger partial charge < -0.3 is 15.5 Å². The van der Waals surface area contributed by atoms with Crippen LogP contribution in [0.1, 0.15) is 46.5 Å². The van der Waals surface area contributed by atoms with Gasteiger partial charge in [-0.15, -0.1) is 0 Å².